The molecule has 2 aromatic carbocycles. The van der Waals surface area contributed by atoms with Crippen LogP contribution in [-0.4, -0.2) is 44.6 Å². The predicted octanol–water partition coefficient (Wildman–Crippen LogP) is 7.45. The highest BCUT2D eigenvalue weighted by atomic mass is 16.5. The first-order chi connectivity index (χ1) is 21.8. The van der Waals surface area contributed by atoms with Gasteiger partial charge in [-0.1, -0.05) is 38.0 Å². The van der Waals surface area contributed by atoms with Gasteiger partial charge in [-0.25, -0.2) is 9.97 Å². The second-order valence-corrected chi connectivity index (χ2v) is 12.9. The highest BCUT2D eigenvalue weighted by Gasteiger charge is 2.47. The molecule has 1 amide bonds. The molecule has 2 aromatic heterocycles. The minimum absolute atomic E-state index is 0.0187. The molecule has 0 saturated heterocycles. The Morgan fingerprint density at radius 1 is 1.04 bits per heavy atom. The number of methoxy groups -OCH3 is 1. The maximum Gasteiger partial charge on any atom is 0.252 e. The van der Waals surface area contributed by atoms with Gasteiger partial charge in [0, 0.05) is 29.4 Å². The summed E-state index contributed by atoms with van der Waals surface area (Å²) < 4.78 is 7.46. The van der Waals surface area contributed by atoms with Gasteiger partial charge in [0.15, 0.2) is 17.4 Å². The van der Waals surface area contributed by atoms with Crippen molar-refractivity contribution in [2.45, 2.75) is 76.2 Å². The molecule has 230 valence electrons. The second-order valence-electron chi connectivity index (χ2n) is 12.9. The average Bonchev–Trinajstić information content (AvgIpc) is 3.75. The lowest BCUT2D eigenvalue weighted by Gasteiger charge is -2.44. The third kappa shape index (κ3) is 5.06. The van der Waals surface area contributed by atoms with Crippen molar-refractivity contribution in [2.75, 3.05) is 7.11 Å². The van der Waals surface area contributed by atoms with Gasteiger partial charge in [-0.05, 0) is 92.0 Å². The van der Waals surface area contributed by atoms with Crippen molar-refractivity contribution >= 4 is 40.1 Å². The number of fused-ring (bicyclic) bond motifs is 2. The highest BCUT2D eigenvalue weighted by Crippen LogP contribution is 2.46. The van der Waals surface area contributed by atoms with E-state index in [2.05, 4.69) is 38.9 Å². The van der Waals surface area contributed by atoms with E-state index in [1.54, 1.807) is 32.5 Å². The zero-order valence-corrected chi connectivity index (χ0v) is 26.4. The van der Waals surface area contributed by atoms with Crippen molar-refractivity contribution in [3.05, 3.63) is 77.1 Å². The number of hydrogen-bond acceptors (Lipinski definition) is 6. The topological polar surface area (TPSA) is 98.5 Å². The maximum atomic E-state index is 14.0. The lowest BCUT2D eigenvalue weighted by atomic mass is 9.69. The van der Waals surface area contributed by atoms with Gasteiger partial charge in [0.1, 0.15) is 0 Å². The van der Waals surface area contributed by atoms with Crippen molar-refractivity contribution in [1.29, 1.82) is 0 Å². The summed E-state index contributed by atoms with van der Waals surface area (Å²) in [5.41, 5.74) is 7.54. The fourth-order valence-electron chi connectivity index (χ4n) is 7.55. The van der Waals surface area contributed by atoms with Crippen molar-refractivity contribution in [2.24, 2.45) is 12.0 Å². The molecule has 8 heteroatoms. The number of hydrogen-bond donors (Lipinski definition) is 1. The number of ketones is 1. The number of carbonyl (C=O) groups is 2. The van der Waals surface area contributed by atoms with Crippen LogP contribution in [0.2, 0.25) is 0 Å². The molecule has 0 spiro atoms. The Morgan fingerprint density at radius 3 is 2.47 bits per heavy atom. The number of benzene rings is 2. The maximum absolute atomic E-state index is 14.0. The van der Waals surface area contributed by atoms with E-state index >= 15 is 0 Å². The molecule has 0 bridgehead atoms. The van der Waals surface area contributed by atoms with E-state index in [0.29, 0.717) is 23.1 Å². The Bertz CT molecular complexity index is 1870. The number of ether oxygens (including phenoxy) is 1. The molecular formula is C37H39N5O3. The van der Waals surface area contributed by atoms with Gasteiger partial charge in [-0.2, -0.15) is 0 Å². The third-order valence-electron chi connectivity index (χ3n) is 10.1. The highest BCUT2D eigenvalue weighted by molar-refractivity contribution is 6.09. The van der Waals surface area contributed by atoms with Crippen molar-refractivity contribution in [3.8, 4) is 17.3 Å². The Labute approximate surface area is 263 Å². The summed E-state index contributed by atoms with van der Waals surface area (Å²) in [6, 6.07) is 12.2. The molecule has 1 atom stereocenters. The van der Waals surface area contributed by atoms with Gasteiger partial charge in [0.2, 0.25) is 0 Å². The normalized spacial score (nSPS) is 19.0. The standard InChI is InChI=1S/C37H39N5O3/c1-22(43)10-11-24-12-15-30-29(18-24)23(2)34(40-30)37(16-7-17-37)41-36(44)26-13-14-28-31(19-26)42(3)33(32(28)25-8-5-6-9-25)35-38-20-27(45-4)21-39-35/h10-15,18-21,23,25H,5-9,16-17H2,1-4H3,(H,41,44)/b11-10+. The van der Waals surface area contributed by atoms with Crippen molar-refractivity contribution < 1.29 is 14.3 Å². The Hall–Kier alpha value is -4.59. The van der Waals surface area contributed by atoms with E-state index < -0.39 is 5.54 Å². The summed E-state index contributed by atoms with van der Waals surface area (Å²) >= 11 is 0. The molecular weight excluding hydrogens is 562 g/mol. The monoisotopic (exact) mass is 601 g/mol. The van der Waals surface area contributed by atoms with Crippen LogP contribution in [0.5, 0.6) is 5.75 Å². The summed E-state index contributed by atoms with van der Waals surface area (Å²) in [6.07, 6.45) is 14.4. The quantitative estimate of drug-likeness (QED) is 0.212. The molecule has 1 aliphatic heterocycles. The van der Waals surface area contributed by atoms with Gasteiger partial charge in [0.05, 0.1) is 42.1 Å². The van der Waals surface area contributed by atoms with Gasteiger partial charge < -0.3 is 14.6 Å². The zero-order valence-electron chi connectivity index (χ0n) is 26.4. The first-order valence-electron chi connectivity index (χ1n) is 16.0. The minimum Gasteiger partial charge on any atom is -0.494 e. The molecule has 7 rings (SSSR count). The minimum atomic E-state index is -0.467. The van der Waals surface area contributed by atoms with Crippen LogP contribution in [0.4, 0.5) is 5.69 Å². The van der Waals surface area contributed by atoms with E-state index in [0.717, 1.165) is 71.2 Å². The molecule has 3 aliphatic rings. The van der Waals surface area contributed by atoms with Gasteiger partial charge in [-0.3, -0.25) is 14.6 Å². The Kier molecular flexibility index (Phi) is 7.38. The average molecular weight is 602 g/mol. The fraction of sp³-hybridized carbons (Fsp3) is 0.378. The van der Waals surface area contributed by atoms with Crippen LogP contribution >= 0.6 is 0 Å². The molecule has 2 fully saturated rings. The van der Waals surface area contributed by atoms with Crippen LogP contribution in [0.15, 0.2) is 59.9 Å². The predicted molar refractivity (Wildman–Crippen MR) is 177 cm³/mol. The number of amides is 1. The number of aromatic nitrogens is 3. The number of nitrogens with zero attached hydrogens (tertiary/aromatic N) is 4. The summed E-state index contributed by atoms with van der Waals surface area (Å²) in [4.78, 5) is 39.8. The van der Waals surface area contributed by atoms with Crippen LogP contribution in [0.25, 0.3) is 28.5 Å². The largest absolute Gasteiger partial charge is 0.494 e. The lowest BCUT2D eigenvalue weighted by Crippen LogP contribution is -2.59. The van der Waals surface area contributed by atoms with Crippen molar-refractivity contribution in [1.82, 2.24) is 19.9 Å². The van der Waals surface area contributed by atoms with Crippen molar-refractivity contribution in [3.63, 3.8) is 0 Å². The van der Waals surface area contributed by atoms with Crippen LogP contribution in [-0.2, 0) is 11.8 Å². The number of allylic oxidation sites excluding steroid dienone is 1. The molecule has 8 nitrogen and oxygen atoms in total. The fourth-order valence-corrected chi connectivity index (χ4v) is 7.55. The second kappa shape index (κ2) is 11.4. The number of carbonyl (C=O) groups excluding carboxylic acids is 2. The number of nitrogens with one attached hydrogen (secondary N) is 1. The van der Waals surface area contributed by atoms with E-state index in [1.165, 1.54) is 18.4 Å². The number of aliphatic imine (C=N–C) groups is 1. The Balaban J connectivity index is 1.20. The zero-order chi connectivity index (χ0) is 31.3. The first-order valence-corrected chi connectivity index (χ1v) is 16.0. The van der Waals surface area contributed by atoms with Gasteiger partial charge >= 0.3 is 0 Å². The molecule has 1 N–H and O–H groups in total. The van der Waals surface area contributed by atoms with E-state index in [9.17, 15) is 9.59 Å². The van der Waals surface area contributed by atoms with Crippen LogP contribution in [0.1, 0.15) is 97.7 Å². The van der Waals surface area contributed by atoms with Crippen LogP contribution in [0.3, 0.4) is 0 Å². The number of aryl methyl sites for hydroxylation is 1. The van der Waals surface area contributed by atoms with E-state index in [-0.39, 0.29) is 17.6 Å². The van der Waals surface area contributed by atoms with Gasteiger partial charge in [0.25, 0.3) is 5.91 Å². The van der Waals surface area contributed by atoms with Crippen LogP contribution < -0.4 is 10.1 Å². The molecule has 2 saturated carbocycles. The van der Waals surface area contributed by atoms with Gasteiger partial charge in [-0.15, -0.1) is 0 Å². The summed E-state index contributed by atoms with van der Waals surface area (Å²) in [5.74, 6) is 1.74. The Morgan fingerprint density at radius 2 is 1.80 bits per heavy atom. The summed E-state index contributed by atoms with van der Waals surface area (Å²) in [6.45, 7) is 3.72. The molecule has 2 aliphatic carbocycles. The summed E-state index contributed by atoms with van der Waals surface area (Å²) in [7, 11) is 3.66. The van der Waals surface area contributed by atoms with E-state index in [4.69, 9.17) is 9.73 Å². The molecule has 3 heterocycles. The molecule has 1 unspecified atom stereocenters. The SMILES string of the molecule is COc1cnc(-c2c(C3CCCC3)c3ccc(C(=O)NC4(C5=Nc6ccc(/C=C/C(C)=O)cc6C5C)CCC4)cc3n2C)nc1. The summed E-state index contributed by atoms with van der Waals surface area (Å²) in [5, 5.41) is 4.60. The van der Waals surface area contributed by atoms with E-state index in [1.807, 2.05) is 37.4 Å². The third-order valence-corrected chi connectivity index (χ3v) is 10.1. The molecule has 0 radical (unpaired) electrons. The lowest BCUT2D eigenvalue weighted by molar-refractivity contribution is -0.112. The first kappa shape index (κ1) is 29.1. The van der Waals surface area contributed by atoms with Crippen LogP contribution in [0, 0.1) is 0 Å². The molecule has 45 heavy (non-hydrogen) atoms. The number of rotatable bonds is 8. The smallest absolute Gasteiger partial charge is 0.252 e. The molecule has 4 aromatic rings.